The van der Waals surface area contributed by atoms with Gasteiger partial charge in [0.1, 0.15) is 0 Å². The highest BCUT2D eigenvalue weighted by molar-refractivity contribution is 5.75. The molecule has 1 heterocycles. The molecule has 0 unspecified atom stereocenters. The zero-order valence-electron chi connectivity index (χ0n) is 9.80. The minimum Gasteiger partial charge on any atom is -0.481 e. The summed E-state index contributed by atoms with van der Waals surface area (Å²) in [6.07, 6.45) is 3.52. The normalized spacial score (nSPS) is 9.00. The molecular formula is C12H17NO4. The van der Waals surface area contributed by atoms with E-state index in [0.717, 1.165) is 6.42 Å². The van der Waals surface area contributed by atoms with Gasteiger partial charge in [-0.15, -0.1) is 0 Å². The van der Waals surface area contributed by atoms with Crippen LogP contribution in [-0.2, 0) is 16.0 Å². The third-order valence-electron chi connectivity index (χ3n) is 1.79. The molecule has 0 aliphatic carbocycles. The van der Waals surface area contributed by atoms with Crippen molar-refractivity contribution in [1.29, 1.82) is 0 Å². The average Bonchev–Trinajstić information content (AvgIpc) is 2.29. The molecule has 0 atom stereocenters. The largest absolute Gasteiger partial charge is 0.481 e. The number of aliphatic carboxylic acids is 2. The van der Waals surface area contributed by atoms with Crippen molar-refractivity contribution >= 4 is 11.9 Å². The quantitative estimate of drug-likeness (QED) is 0.820. The first-order valence-corrected chi connectivity index (χ1v) is 5.39. The lowest BCUT2D eigenvalue weighted by Gasteiger charge is -1.92. The minimum atomic E-state index is -1.08. The van der Waals surface area contributed by atoms with Gasteiger partial charge < -0.3 is 10.2 Å². The lowest BCUT2D eigenvalue weighted by molar-refractivity contribution is -0.143. The molecule has 0 radical (unpaired) electrons. The number of carbonyl (C=O) groups is 2. The molecule has 17 heavy (non-hydrogen) atoms. The van der Waals surface area contributed by atoms with Crippen molar-refractivity contribution < 1.29 is 19.8 Å². The van der Waals surface area contributed by atoms with Crippen molar-refractivity contribution in [3.8, 4) is 0 Å². The van der Waals surface area contributed by atoms with Gasteiger partial charge in [0.2, 0.25) is 0 Å². The zero-order valence-corrected chi connectivity index (χ0v) is 9.80. The second kappa shape index (κ2) is 9.33. The lowest BCUT2D eigenvalue weighted by Crippen LogP contribution is -2.00. The molecule has 1 aromatic heterocycles. The van der Waals surface area contributed by atoms with Gasteiger partial charge in [-0.25, -0.2) is 0 Å². The number of hydrogen-bond donors (Lipinski definition) is 2. The van der Waals surface area contributed by atoms with E-state index in [1.54, 1.807) is 0 Å². The SMILES string of the molecule is CCCc1ccccn1.O=C(O)CCC(=O)O. The molecule has 0 saturated carbocycles. The Bertz CT molecular complexity index is 324. The highest BCUT2D eigenvalue weighted by Gasteiger charge is 2.00. The molecule has 0 fully saturated rings. The number of aromatic nitrogens is 1. The highest BCUT2D eigenvalue weighted by Crippen LogP contribution is 1.95. The molecule has 0 bridgehead atoms. The molecule has 1 rings (SSSR count). The predicted molar refractivity (Wildman–Crippen MR) is 62.7 cm³/mol. The summed E-state index contributed by atoms with van der Waals surface area (Å²) in [5.41, 5.74) is 1.19. The van der Waals surface area contributed by atoms with Crippen molar-refractivity contribution in [1.82, 2.24) is 4.98 Å². The van der Waals surface area contributed by atoms with Gasteiger partial charge in [-0.1, -0.05) is 19.4 Å². The van der Waals surface area contributed by atoms with Crippen molar-refractivity contribution in [2.75, 3.05) is 0 Å². The fraction of sp³-hybridized carbons (Fsp3) is 0.417. The topological polar surface area (TPSA) is 87.5 Å². The minimum absolute atomic E-state index is 0.296. The summed E-state index contributed by atoms with van der Waals surface area (Å²) in [7, 11) is 0. The van der Waals surface area contributed by atoms with E-state index >= 15 is 0 Å². The number of aryl methyl sites for hydroxylation is 1. The maximum absolute atomic E-state index is 9.64. The Balaban J connectivity index is 0.000000304. The highest BCUT2D eigenvalue weighted by atomic mass is 16.4. The number of hydrogen-bond acceptors (Lipinski definition) is 3. The van der Waals surface area contributed by atoms with E-state index in [4.69, 9.17) is 10.2 Å². The standard InChI is InChI=1S/C8H11N.C4H6O4/c1-2-5-8-6-3-4-7-9-8;5-3(6)1-2-4(7)8/h3-4,6-7H,2,5H2,1H3;1-2H2,(H,5,6)(H,7,8). The molecule has 5 heteroatoms. The van der Waals surface area contributed by atoms with Crippen LogP contribution in [-0.4, -0.2) is 27.1 Å². The Labute approximate surface area is 100 Å². The van der Waals surface area contributed by atoms with Gasteiger partial charge in [0, 0.05) is 11.9 Å². The van der Waals surface area contributed by atoms with Crippen LogP contribution in [0.4, 0.5) is 0 Å². The van der Waals surface area contributed by atoms with Crippen LogP contribution in [0.3, 0.4) is 0 Å². The van der Waals surface area contributed by atoms with Gasteiger partial charge in [-0.3, -0.25) is 14.6 Å². The molecule has 0 amide bonds. The van der Waals surface area contributed by atoms with Crippen LogP contribution in [0, 0.1) is 0 Å². The van der Waals surface area contributed by atoms with Crippen LogP contribution >= 0.6 is 0 Å². The summed E-state index contributed by atoms with van der Waals surface area (Å²) in [4.78, 5) is 23.4. The first kappa shape index (κ1) is 15.1. The maximum Gasteiger partial charge on any atom is 0.303 e. The van der Waals surface area contributed by atoms with E-state index in [0.29, 0.717) is 0 Å². The Morgan fingerprint density at radius 2 is 1.76 bits per heavy atom. The zero-order chi connectivity index (χ0) is 13.1. The van der Waals surface area contributed by atoms with E-state index in [1.807, 2.05) is 18.3 Å². The smallest absolute Gasteiger partial charge is 0.303 e. The Kier molecular flexibility index (Phi) is 8.28. The molecule has 5 nitrogen and oxygen atoms in total. The second-order valence-corrected chi connectivity index (χ2v) is 3.36. The summed E-state index contributed by atoms with van der Waals surface area (Å²) in [6, 6.07) is 6.03. The molecule has 0 aliphatic heterocycles. The summed E-state index contributed by atoms with van der Waals surface area (Å²) in [5.74, 6) is -2.15. The third-order valence-corrected chi connectivity index (χ3v) is 1.79. The molecule has 0 aliphatic rings. The Morgan fingerprint density at radius 1 is 1.18 bits per heavy atom. The van der Waals surface area contributed by atoms with Crippen molar-refractivity contribution in [3.05, 3.63) is 30.1 Å². The number of carboxylic acid groups (broad SMARTS) is 2. The predicted octanol–water partition coefficient (Wildman–Crippen LogP) is 1.97. The number of nitrogens with zero attached hydrogens (tertiary/aromatic N) is 1. The van der Waals surface area contributed by atoms with Crippen LogP contribution < -0.4 is 0 Å². The second-order valence-electron chi connectivity index (χ2n) is 3.36. The van der Waals surface area contributed by atoms with Crippen LogP contribution in [0.15, 0.2) is 24.4 Å². The lowest BCUT2D eigenvalue weighted by atomic mass is 10.2. The van der Waals surface area contributed by atoms with Gasteiger partial charge in [0.25, 0.3) is 0 Å². The van der Waals surface area contributed by atoms with Crippen LogP contribution in [0.25, 0.3) is 0 Å². The first-order valence-electron chi connectivity index (χ1n) is 5.39. The average molecular weight is 239 g/mol. The van der Waals surface area contributed by atoms with Crippen molar-refractivity contribution in [3.63, 3.8) is 0 Å². The van der Waals surface area contributed by atoms with Gasteiger partial charge in [-0.05, 0) is 18.6 Å². The number of pyridine rings is 1. The molecule has 0 spiro atoms. The van der Waals surface area contributed by atoms with Gasteiger partial charge in [0.15, 0.2) is 0 Å². The summed E-state index contributed by atoms with van der Waals surface area (Å²) in [5, 5.41) is 15.8. The van der Waals surface area contributed by atoms with Gasteiger partial charge >= 0.3 is 11.9 Å². The van der Waals surface area contributed by atoms with E-state index in [-0.39, 0.29) is 12.8 Å². The fourth-order valence-corrected chi connectivity index (χ4v) is 1.02. The third kappa shape index (κ3) is 10.4. The van der Waals surface area contributed by atoms with Gasteiger partial charge in [-0.2, -0.15) is 0 Å². The number of carboxylic acids is 2. The van der Waals surface area contributed by atoms with E-state index in [2.05, 4.69) is 18.0 Å². The summed E-state index contributed by atoms with van der Waals surface area (Å²) < 4.78 is 0. The van der Waals surface area contributed by atoms with Crippen LogP contribution in [0.5, 0.6) is 0 Å². The molecule has 0 saturated heterocycles. The first-order chi connectivity index (χ1) is 8.06. The monoisotopic (exact) mass is 239 g/mol. The Hall–Kier alpha value is -1.91. The molecular weight excluding hydrogens is 222 g/mol. The Morgan fingerprint density at radius 3 is 2.12 bits per heavy atom. The summed E-state index contributed by atoms with van der Waals surface area (Å²) >= 11 is 0. The van der Waals surface area contributed by atoms with E-state index < -0.39 is 11.9 Å². The molecule has 2 N–H and O–H groups in total. The van der Waals surface area contributed by atoms with Crippen molar-refractivity contribution in [2.45, 2.75) is 32.6 Å². The number of rotatable bonds is 5. The van der Waals surface area contributed by atoms with E-state index in [9.17, 15) is 9.59 Å². The van der Waals surface area contributed by atoms with E-state index in [1.165, 1.54) is 12.1 Å². The van der Waals surface area contributed by atoms with Crippen LogP contribution in [0.2, 0.25) is 0 Å². The maximum atomic E-state index is 9.64. The summed E-state index contributed by atoms with van der Waals surface area (Å²) in [6.45, 7) is 2.16. The van der Waals surface area contributed by atoms with Crippen LogP contribution in [0.1, 0.15) is 31.9 Å². The fourth-order valence-electron chi connectivity index (χ4n) is 1.02. The van der Waals surface area contributed by atoms with Crippen molar-refractivity contribution in [2.24, 2.45) is 0 Å². The molecule has 94 valence electrons. The van der Waals surface area contributed by atoms with Gasteiger partial charge in [0.05, 0.1) is 12.8 Å². The molecule has 1 aromatic rings. The molecule has 0 aromatic carbocycles.